The van der Waals surface area contributed by atoms with Gasteiger partial charge in [0.05, 0.1) is 0 Å². The zero-order chi connectivity index (χ0) is 11.2. The first-order valence-corrected chi connectivity index (χ1v) is 4.35. The van der Waals surface area contributed by atoms with Gasteiger partial charge in [0.2, 0.25) is 0 Å². The molecule has 0 aliphatic heterocycles. The Morgan fingerprint density at radius 2 is 2.20 bits per heavy atom. The molecule has 0 amide bonds. The predicted octanol–water partition coefficient (Wildman–Crippen LogP) is 0.627. The summed E-state index contributed by atoms with van der Waals surface area (Å²) in [5, 5.41) is 8.95. The number of aromatic carboxylic acids is 1. The van der Waals surface area contributed by atoms with Crippen LogP contribution in [0, 0.1) is 13.8 Å². The zero-order valence-electron chi connectivity index (χ0n) is 8.35. The monoisotopic (exact) mass is 206 g/mol. The van der Waals surface area contributed by atoms with E-state index >= 15 is 0 Å². The lowest BCUT2D eigenvalue weighted by Gasteiger charge is -2.03. The van der Waals surface area contributed by atoms with E-state index in [2.05, 4.69) is 9.97 Å². The standard InChI is InChI=1S/C9H10N4O2/c1-4-3-11-8(10)7-6(9(14)15)12-5(2)13(4)7/h3H,1-2H3,(H2,10,11)(H,14,15). The van der Waals surface area contributed by atoms with E-state index in [1.807, 2.05) is 6.92 Å². The smallest absolute Gasteiger partial charge is 0.356 e. The second-order valence-corrected chi connectivity index (χ2v) is 3.28. The number of hydrogen-bond acceptors (Lipinski definition) is 4. The number of imidazole rings is 1. The molecule has 2 rings (SSSR count). The number of nitrogen functional groups attached to an aromatic ring is 1. The maximum absolute atomic E-state index is 10.9. The Kier molecular flexibility index (Phi) is 1.85. The fraction of sp³-hybridized carbons (Fsp3) is 0.222. The van der Waals surface area contributed by atoms with Gasteiger partial charge in [-0.3, -0.25) is 4.40 Å². The molecule has 0 bridgehead atoms. The highest BCUT2D eigenvalue weighted by Gasteiger charge is 2.18. The number of fused-ring (bicyclic) bond motifs is 1. The molecule has 0 aliphatic carbocycles. The van der Waals surface area contributed by atoms with E-state index in [4.69, 9.17) is 10.8 Å². The molecule has 6 nitrogen and oxygen atoms in total. The first-order chi connectivity index (χ1) is 7.02. The lowest BCUT2D eigenvalue weighted by atomic mass is 10.3. The SMILES string of the molecule is Cc1cnc(N)c2c(C(=O)O)nc(C)n12. The normalized spacial score (nSPS) is 10.8. The van der Waals surface area contributed by atoms with Gasteiger partial charge in [-0.15, -0.1) is 0 Å². The van der Waals surface area contributed by atoms with Crippen molar-refractivity contribution < 1.29 is 9.90 Å². The van der Waals surface area contributed by atoms with E-state index < -0.39 is 5.97 Å². The van der Waals surface area contributed by atoms with Gasteiger partial charge in [0.1, 0.15) is 17.2 Å². The highest BCUT2D eigenvalue weighted by molar-refractivity contribution is 5.97. The van der Waals surface area contributed by atoms with Gasteiger partial charge in [-0.1, -0.05) is 0 Å². The fourth-order valence-electron chi connectivity index (χ4n) is 1.63. The summed E-state index contributed by atoms with van der Waals surface area (Å²) in [4.78, 5) is 18.8. The summed E-state index contributed by atoms with van der Waals surface area (Å²) in [5.41, 5.74) is 6.75. The van der Waals surface area contributed by atoms with E-state index in [1.54, 1.807) is 17.5 Å². The summed E-state index contributed by atoms with van der Waals surface area (Å²) >= 11 is 0. The Balaban J connectivity index is 2.98. The van der Waals surface area contributed by atoms with Crippen molar-refractivity contribution in [2.45, 2.75) is 13.8 Å². The average molecular weight is 206 g/mol. The molecular weight excluding hydrogens is 196 g/mol. The highest BCUT2D eigenvalue weighted by Crippen LogP contribution is 2.19. The maximum Gasteiger partial charge on any atom is 0.356 e. The molecule has 0 radical (unpaired) electrons. The van der Waals surface area contributed by atoms with E-state index in [-0.39, 0.29) is 11.5 Å². The summed E-state index contributed by atoms with van der Waals surface area (Å²) in [6, 6.07) is 0. The van der Waals surface area contributed by atoms with Crippen molar-refractivity contribution in [2.24, 2.45) is 0 Å². The molecule has 0 saturated heterocycles. The zero-order valence-corrected chi connectivity index (χ0v) is 8.35. The molecule has 0 aliphatic rings. The number of carbonyl (C=O) groups is 1. The first-order valence-electron chi connectivity index (χ1n) is 4.35. The van der Waals surface area contributed by atoms with Gasteiger partial charge in [0, 0.05) is 11.9 Å². The second kappa shape index (κ2) is 2.94. The van der Waals surface area contributed by atoms with Crippen molar-refractivity contribution >= 4 is 17.3 Å². The van der Waals surface area contributed by atoms with Crippen LogP contribution in [0.1, 0.15) is 22.0 Å². The molecule has 0 fully saturated rings. The van der Waals surface area contributed by atoms with Crippen LogP contribution in [0.15, 0.2) is 6.20 Å². The number of rotatable bonds is 1. The van der Waals surface area contributed by atoms with Crippen LogP contribution in [0.4, 0.5) is 5.82 Å². The first kappa shape index (κ1) is 9.45. The van der Waals surface area contributed by atoms with Gasteiger partial charge in [0.25, 0.3) is 0 Å². The van der Waals surface area contributed by atoms with Gasteiger partial charge in [-0.05, 0) is 13.8 Å². The van der Waals surface area contributed by atoms with Crippen molar-refractivity contribution in [1.82, 2.24) is 14.4 Å². The number of hydrogen-bond donors (Lipinski definition) is 2. The van der Waals surface area contributed by atoms with Gasteiger partial charge in [-0.2, -0.15) is 0 Å². The van der Waals surface area contributed by atoms with Crippen molar-refractivity contribution in [1.29, 1.82) is 0 Å². The van der Waals surface area contributed by atoms with Crippen LogP contribution in [0.2, 0.25) is 0 Å². The third-order valence-corrected chi connectivity index (χ3v) is 2.23. The maximum atomic E-state index is 10.9. The third kappa shape index (κ3) is 1.22. The summed E-state index contributed by atoms with van der Waals surface area (Å²) in [7, 11) is 0. The van der Waals surface area contributed by atoms with Crippen molar-refractivity contribution in [3.05, 3.63) is 23.4 Å². The third-order valence-electron chi connectivity index (χ3n) is 2.23. The lowest BCUT2D eigenvalue weighted by Crippen LogP contribution is -2.03. The fourth-order valence-corrected chi connectivity index (χ4v) is 1.63. The lowest BCUT2D eigenvalue weighted by molar-refractivity contribution is 0.0693. The van der Waals surface area contributed by atoms with E-state index in [0.717, 1.165) is 5.69 Å². The molecule has 0 aromatic carbocycles. The molecule has 0 spiro atoms. The average Bonchev–Trinajstić information content (AvgIpc) is 2.51. The summed E-state index contributed by atoms with van der Waals surface area (Å²) in [6.07, 6.45) is 1.59. The minimum Gasteiger partial charge on any atom is -0.476 e. The number of anilines is 1. The molecule has 2 heterocycles. The molecule has 3 N–H and O–H groups in total. The molecule has 6 heteroatoms. The van der Waals surface area contributed by atoms with E-state index in [9.17, 15) is 4.79 Å². The topological polar surface area (TPSA) is 93.5 Å². The summed E-state index contributed by atoms with van der Waals surface area (Å²) in [6.45, 7) is 3.55. The Labute approximate surface area is 85.4 Å². The molecule has 0 unspecified atom stereocenters. The molecule has 2 aromatic rings. The van der Waals surface area contributed by atoms with Crippen LogP contribution >= 0.6 is 0 Å². The summed E-state index contributed by atoms with van der Waals surface area (Å²) < 4.78 is 1.69. The quantitative estimate of drug-likeness (QED) is 0.713. The van der Waals surface area contributed by atoms with Crippen LogP contribution in [0.25, 0.3) is 5.52 Å². The number of carboxylic acids is 1. The van der Waals surface area contributed by atoms with Crippen molar-refractivity contribution in [3.8, 4) is 0 Å². The summed E-state index contributed by atoms with van der Waals surface area (Å²) in [5.74, 6) is -0.327. The molecule has 2 aromatic heterocycles. The largest absolute Gasteiger partial charge is 0.476 e. The Morgan fingerprint density at radius 1 is 1.53 bits per heavy atom. The Bertz CT molecular complexity index is 559. The number of nitrogens with zero attached hydrogens (tertiary/aromatic N) is 3. The molecular formula is C9H10N4O2. The van der Waals surface area contributed by atoms with Gasteiger partial charge in [-0.25, -0.2) is 14.8 Å². The molecule has 78 valence electrons. The van der Waals surface area contributed by atoms with E-state index in [1.165, 1.54) is 0 Å². The number of aromatic nitrogens is 3. The molecule has 0 saturated carbocycles. The van der Waals surface area contributed by atoms with Crippen LogP contribution in [0.3, 0.4) is 0 Å². The number of nitrogens with two attached hydrogens (primary N) is 1. The Hall–Kier alpha value is -2.11. The van der Waals surface area contributed by atoms with Gasteiger partial charge < -0.3 is 10.8 Å². The van der Waals surface area contributed by atoms with Crippen LogP contribution in [-0.2, 0) is 0 Å². The van der Waals surface area contributed by atoms with Crippen LogP contribution in [-0.4, -0.2) is 25.4 Å². The molecule has 0 atom stereocenters. The van der Waals surface area contributed by atoms with Gasteiger partial charge >= 0.3 is 5.97 Å². The van der Waals surface area contributed by atoms with Crippen molar-refractivity contribution in [2.75, 3.05) is 5.73 Å². The molecule has 15 heavy (non-hydrogen) atoms. The minimum atomic E-state index is -1.10. The van der Waals surface area contributed by atoms with Crippen LogP contribution < -0.4 is 5.73 Å². The highest BCUT2D eigenvalue weighted by atomic mass is 16.4. The minimum absolute atomic E-state index is 0.0544. The number of aryl methyl sites for hydroxylation is 2. The van der Waals surface area contributed by atoms with Gasteiger partial charge in [0.15, 0.2) is 5.69 Å². The Morgan fingerprint density at radius 3 is 2.80 bits per heavy atom. The van der Waals surface area contributed by atoms with Crippen molar-refractivity contribution in [3.63, 3.8) is 0 Å². The second-order valence-electron chi connectivity index (χ2n) is 3.28. The predicted molar refractivity (Wildman–Crippen MR) is 53.8 cm³/mol. The van der Waals surface area contributed by atoms with Crippen LogP contribution in [0.5, 0.6) is 0 Å². The number of carboxylic acid groups (broad SMARTS) is 1. The van der Waals surface area contributed by atoms with E-state index in [0.29, 0.717) is 11.3 Å².